The molecular weight excluding hydrogens is 712 g/mol. The highest BCUT2D eigenvalue weighted by Crippen LogP contribution is 2.36. The number of rotatable bonds is 22. The van der Waals surface area contributed by atoms with E-state index in [1.165, 1.54) is 64.0 Å². The van der Waals surface area contributed by atoms with Gasteiger partial charge in [-0.15, -0.1) is 0 Å². The van der Waals surface area contributed by atoms with E-state index in [4.69, 9.17) is 85.3 Å². The third kappa shape index (κ3) is 10.8. The van der Waals surface area contributed by atoms with Gasteiger partial charge >= 0.3 is 5.97 Å². The number of carbonyl (C=O) groups is 1. The topological polar surface area (TPSA) is 183 Å². The summed E-state index contributed by atoms with van der Waals surface area (Å²) >= 11 is 0. The molecule has 312 valence electrons. The van der Waals surface area contributed by atoms with Gasteiger partial charge in [0.25, 0.3) is 0 Å². The molecule has 17 unspecified atom stereocenters. The maximum absolute atomic E-state index is 13.1. The van der Waals surface area contributed by atoms with Gasteiger partial charge in [0.05, 0.1) is 33.0 Å². The zero-order chi connectivity index (χ0) is 39.2. The molecule has 17 atom stereocenters. The van der Waals surface area contributed by atoms with Crippen molar-refractivity contribution in [2.75, 3.05) is 105 Å². The quantitative estimate of drug-likeness (QED) is 0.129. The summed E-state index contributed by atoms with van der Waals surface area (Å²) in [5.74, 6) is -0.717. The minimum absolute atomic E-state index is 0.0282. The number of carbonyl (C=O) groups excluding carboxylic acids is 1. The molecule has 19 heteroatoms. The Morgan fingerprint density at radius 2 is 1.13 bits per heavy atom. The second-order valence-corrected chi connectivity index (χ2v) is 12.6. The summed E-state index contributed by atoms with van der Waals surface area (Å²) in [6.45, 7) is 2.20. The molecule has 3 heterocycles. The first-order valence-electron chi connectivity index (χ1n) is 17.3. The monoisotopic (exact) mass is 774 g/mol. The standard InChI is InChI=1S/C34H62O19/c1-17-21(40-6)26(51-32-28(45-11)23(42-8)19(39-5)16-48-32)29(46-12)33(49-17)53-30-25(44-10)24(43-9)27(31(35)47-13)52-34(30)50-20(15-37-3)22(41-7)18(38-4)14-36-2/h17-30,32-34H,14-16H2,1-13H3. The van der Waals surface area contributed by atoms with Gasteiger partial charge in [-0.05, 0) is 6.92 Å². The highest BCUT2D eigenvalue weighted by atomic mass is 16.8. The molecule has 3 aliphatic rings. The molecule has 53 heavy (non-hydrogen) atoms. The predicted octanol–water partition coefficient (Wildman–Crippen LogP) is -0.431. The smallest absolute Gasteiger partial charge is 0.337 e. The van der Waals surface area contributed by atoms with Gasteiger partial charge in [0.15, 0.2) is 25.0 Å². The van der Waals surface area contributed by atoms with Crippen molar-refractivity contribution in [1.29, 1.82) is 0 Å². The average Bonchev–Trinajstić information content (AvgIpc) is 3.17. The number of hydrogen-bond donors (Lipinski definition) is 0. The van der Waals surface area contributed by atoms with Crippen LogP contribution in [0, 0.1) is 0 Å². The van der Waals surface area contributed by atoms with E-state index in [0.29, 0.717) is 0 Å². The minimum atomic E-state index is -1.32. The van der Waals surface area contributed by atoms with Crippen molar-refractivity contribution in [3.8, 4) is 0 Å². The molecule has 0 amide bonds. The Hall–Kier alpha value is -1.21. The number of hydrogen-bond acceptors (Lipinski definition) is 19. The van der Waals surface area contributed by atoms with Crippen LogP contribution in [0.15, 0.2) is 0 Å². The lowest BCUT2D eigenvalue weighted by molar-refractivity contribution is -0.387. The maximum atomic E-state index is 13.1. The second-order valence-electron chi connectivity index (χ2n) is 12.6. The fourth-order valence-electron chi connectivity index (χ4n) is 7.16. The van der Waals surface area contributed by atoms with Gasteiger partial charge in [0.1, 0.15) is 73.2 Å². The Balaban J connectivity index is 2.04. The van der Waals surface area contributed by atoms with Gasteiger partial charge in [0.2, 0.25) is 0 Å². The molecule has 0 aliphatic carbocycles. The molecule has 0 aromatic rings. The van der Waals surface area contributed by atoms with E-state index in [1.54, 1.807) is 21.3 Å². The fraction of sp³-hybridized carbons (Fsp3) is 0.971. The van der Waals surface area contributed by atoms with Gasteiger partial charge < -0.3 is 85.3 Å². The van der Waals surface area contributed by atoms with Crippen molar-refractivity contribution < 1.29 is 90.1 Å². The summed E-state index contributed by atoms with van der Waals surface area (Å²) in [6, 6.07) is 0. The van der Waals surface area contributed by atoms with Crippen molar-refractivity contribution >= 4 is 5.97 Å². The molecule has 0 aromatic heterocycles. The number of ether oxygens (including phenoxy) is 18. The summed E-state index contributed by atoms with van der Waals surface area (Å²) in [7, 11) is 17.9. The van der Waals surface area contributed by atoms with Gasteiger partial charge in [-0.3, -0.25) is 0 Å². The van der Waals surface area contributed by atoms with Crippen LogP contribution in [0.2, 0.25) is 0 Å². The molecule has 0 spiro atoms. The van der Waals surface area contributed by atoms with Crippen LogP contribution in [-0.4, -0.2) is 215 Å². The van der Waals surface area contributed by atoms with Crippen LogP contribution >= 0.6 is 0 Å². The molecular formula is C34H62O19. The molecule has 3 saturated heterocycles. The highest BCUT2D eigenvalue weighted by molar-refractivity contribution is 5.75. The number of methoxy groups -OCH3 is 12. The van der Waals surface area contributed by atoms with E-state index < -0.39 is 110 Å². The summed E-state index contributed by atoms with van der Waals surface area (Å²) in [5, 5.41) is 0. The van der Waals surface area contributed by atoms with Crippen molar-refractivity contribution in [2.24, 2.45) is 0 Å². The van der Waals surface area contributed by atoms with E-state index in [-0.39, 0.29) is 19.8 Å². The third-order valence-corrected chi connectivity index (χ3v) is 9.84. The van der Waals surface area contributed by atoms with E-state index >= 15 is 0 Å². The van der Waals surface area contributed by atoms with Gasteiger partial charge in [0, 0.05) is 78.2 Å². The Kier molecular flexibility index (Phi) is 20.1. The van der Waals surface area contributed by atoms with Crippen LogP contribution in [0.1, 0.15) is 6.92 Å². The van der Waals surface area contributed by atoms with Crippen molar-refractivity contribution in [1.82, 2.24) is 0 Å². The number of esters is 1. The van der Waals surface area contributed by atoms with Crippen LogP contribution in [0.5, 0.6) is 0 Å². The summed E-state index contributed by atoms with van der Waals surface area (Å²) < 4.78 is 107. The van der Waals surface area contributed by atoms with Gasteiger partial charge in [-0.25, -0.2) is 4.79 Å². The highest BCUT2D eigenvalue weighted by Gasteiger charge is 2.56. The van der Waals surface area contributed by atoms with Gasteiger partial charge in [-0.1, -0.05) is 0 Å². The van der Waals surface area contributed by atoms with E-state index in [9.17, 15) is 4.79 Å². The van der Waals surface area contributed by atoms with Gasteiger partial charge in [-0.2, -0.15) is 0 Å². The lowest BCUT2D eigenvalue weighted by Gasteiger charge is -2.50. The zero-order valence-electron chi connectivity index (χ0n) is 33.2. The Bertz CT molecular complexity index is 1030. The van der Waals surface area contributed by atoms with E-state index in [0.717, 1.165) is 0 Å². The molecule has 3 aliphatic heterocycles. The minimum Gasteiger partial charge on any atom is -0.467 e. The zero-order valence-corrected chi connectivity index (χ0v) is 33.2. The molecule has 0 saturated carbocycles. The van der Waals surface area contributed by atoms with Crippen LogP contribution in [0.25, 0.3) is 0 Å². The van der Waals surface area contributed by atoms with Crippen molar-refractivity contribution in [3.05, 3.63) is 0 Å². The van der Waals surface area contributed by atoms with E-state index in [1.807, 2.05) is 6.92 Å². The molecule has 3 rings (SSSR count). The SMILES string of the molecule is COCC(OC)C(OC)C(COC)OC1OC(C(=O)OC)C(OC)C(OC)C1OC1OC(C)C(OC)C(OC2OCC(OC)C(OC)C2OC)C1OC. The van der Waals surface area contributed by atoms with E-state index in [2.05, 4.69) is 0 Å². The molecule has 3 fully saturated rings. The first kappa shape index (κ1) is 46.2. The summed E-state index contributed by atoms with van der Waals surface area (Å²) in [4.78, 5) is 13.1. The Morgan fingerprint density at radius 1 is 0.566 bits per heavy atom. The molecule has 0 N–H and O–H groups in total. The van der Waals surface area contributed by atoms with Crippen LogP contribution in [0.3, 0.4) is 0 Å². The second kappa shape index (κ2) is 23.1. The average molecular weight is 775 g/mol. The fourth-order valence-corrected chi connectivity index (χ4v) is 7.16. The van der Waals surface area contributed by atoms with Crippen molar-refractivity contribution in [3.63, 3.8) is 0 Å². The Labute approximate surface area is 312 Å². The lowest BCUT2D eigenvalue weighted by Crippen LogP contribution is -2.67. The first-order valence-corrected chi connectivity index (χ1v) is 17.3. The molecule has 0 aromatic carbocycles. The largest absolute Gasteiger partial charge is 0.467 e. The van der Waals surface area contributed by atoms with Crippen molar-refractivity contribution in [2.45, 2.75) is 111 Å². The molecule has 0 radical (unpaired) electrons. The summed E-state index contributed by atoms with van der Waals surface area (Å²) in [6.07, 6.45) is -14.5. The summed E-state index contributed by atoms with van der Waals surface area (Å²) in [5.41, 5.74) is 0. The van der Waals surface area contributed by atoms with Crippen LogP contribution in [0.4, 0.5) is 0 Å². The van der Waals surface area contributed by atoms with Crippen LogP contribution < -0.4 is 0 Å². The predicted molar refractivity (Wildman–Crippen MR) is 180 cm³/mol. The maximum Gasteiger partial charge on any atom is 0.337 e. The Morgan fingerprint density at radius 3 is 1.64 bits per heavy atom. The first-order chi connectivity index (χ1) is 25.6. The lowest BCUT2D eigenvalue weighted by atomic mass is 9.96. The normalized spacial score (nSPS) is 38.3. The third-order valence-electron chi connectivity index (χ3n) is 9.84. The molecule has 0 bridgehead atoms. The van der Waals surface area contributed by atoms with Crippen LogP contribution in [-0.2, 0) is 90.1 Å². The molecule has 19 nitrogen and oxygen atoms in total.